The maximum atomic E-state index is 12.3. The topological polar surface area (TPSA) is 128 Å². The Morgan fingerprint density at radius 2 is 1.67 bits per heavy atom. The van der Waals surface area contributed by atoms with Crippen LogP contribution in [-0.2, 0) is 4.74 Å². The summed E-state index contributed by atoms with van der Waals surface area (Å²) in [5.41, 5.74) is -0.757. The standard InChI is InChI=1S/C25H33N7O4/c1-25(2,3)36-24(35)31-14-12-29(13-15-31)17-18-8-10-30(11-9-18)19-4-6-20(7-5-19)32-23(34)27-22(33)21(16-26)28-32/h4-7,18H,8-15,17H2,1-3H3,(H,27,33,34). The molecule has 2 fully saturated rings. The Hall–Kier alpha value is -3.65. The second-order valence-electron chi connectivity index (χ2n) is 10.3. The Kier molecular flexibility index (Phi) is 7.45. The predicted octanol–water partition coefficient (Wildman–Crippen LogP) is 1.56. The van der Waals surface area contributed by atoms with Gasteiger partial charge in [0.2, 0.25) is 5.69 Å². The second kappa shape index (κ2) is 10.5. The van der Waals surface area contributed by atoms with E-state index < -0.39 is 16.9 Å². The Bertz CT molecular complexity index is 1220. The lowest BCUT2D eigenvalue weighted by molar-refractivity contribution is 0.0130. The fourth-order valence-corrected chi connectivity index (χ4v) is 4.63. The van der Waals surface area contributed by atoms with Gasteiger partial charge in [0.1, 0.15) is 11.7 Å². The number of carbonyl (C=O) groups excluding carboxylic acids is 1. The lowest BCUT2D eigenvalue weighted by Gasteiger charge is -2.39. The number of nitriles is 1. The molecule has 0 spiro atoms. The molecule has 1 N–H and O–H groups in total. The number of ether oxygens (including phenoxy) is 1. The minimum atomic E-state index is -0.789. The van der Waals surface area contributed by atoms with Gasteiger partial charge in [-0.3, -0.25) is 14.7 Å². The van der Waals surface area contributed by atoms with Crippen LogP contribution in [0.4, 0.5) is 10.5 Å². The van der Waals surface area contributed by atoms with E-state index >= 15 is 0 Å². The number of benzene rings is 1. The van der Waals surface area contributed by atoms with Gasteiger partial charge < -0.3 is 14.5 Å². The molecule has 3 heterocycles. The van der Waals surface area contributed by atoms with Crippen molar-refractivity contribution in [2.45, 2.75) is 39.2 Å². The average molecular weight is 496 g/mol. The van der Waals surface area contributed by atoms with Crippen molar-refractivity contribution in [1.29, 1.82) is 5.26 Å². The van der Waals surface area contributed by atoms with Gasteiger partial charge >= 0.3 is 11.8 Å². The van der Waals surface area contributed by atoms with Gasteiger partial charge in [0.25, 0.3) is 5.56 Å². The van der Waals surface area contributed by atoms with E-state index in [1.54, 1.807) is 23.1 Å². The molecule has 11 heteroatoms. The number of hydrogen-bond donors (Lipinski definition) is 1. The Balaban J connectivity index is 1.27. The van der Waals surface area contributed by atoms with E-state index in [2.05, 4.69) is 19.9 Å². The maximum absolute atomic E-state index is 12.3. The maximum Gasteiger partial charge on any atom is 0.410 e. The number of aromatic nitrogens is 3. The monoisotopic (exact) mass is 495 g/mol. The molecule has 2 aliphatic heterocycles. The first kappa shape index (κ1) is 25.4. The number of nitrogens with one attached hydrogen (secondary N) is 1. The van der Waals surface area contributed by atoms with Gasteiger partial charge in [-0.05, 0) is 63.8 Å². The summed E-state index contributed by atoms with van der Waals surface area (Å²) in [6.07, 6.45) is 1.94. The first-order valence-corrected chi connectivity index (χ1v) is 12.3. The van der Waals surface area contributed by atoms with E-state index in [-0.39, 0.29) is 11.8 Å². The van der Waals surface area contributed by atoms with Crippen LogP contribution in [0, 0.1) is 17.2 Å². The van der Waals surface area contributed by atoms with Gasteiger partial charge in [-0.25, -0.2) is 9.59 Å². The van der Waals surface area contributed by atoms with Crippen LogP contribution in [-0.4, -0.2) is 82.1 Å². The van der Waals surface area contributed by atoms with Crippen LogP contribution < -0.4 is 16.1 Å². The number of piperidine rings is 1. The van der Waals surface area contributed by atoms with Crippen LogP contribution in [0.15, 0.2) is 33.9 Å². The number of piperazine rings is 1. The van der Waals surface area contributed by atoms with Crippen LogP contribution in [0.2, 0.25) is 0 Å². The van der Waals surface area contributed by atoms with Crippen molar-refractivity contribution in [2.24, 2.45) is 5.92 Å². The van der Waals surface area contributed by atoms with Crippen molar-refractivity contribution in [1.82, 2.24) is 24.6 Å². The highest BCUT2D eigenvalue weighted by molar-refractivity contribution is 5.68. The van der Waals surface area contributed by atoms with Crippen molar-refractivity contribution in [3.8, 4) is 11.8 Å². The van der Waals surface area contributed by atoms with Crippen molar-refractivity contribution in [3.05, 3.63) is 50.8 Å². The molecular weight excluding hydrogens is 462 g/mol. The van der Waals surface area contributed by atoms with Gasteiger partial charge in [-0.15, -0.1) is 5.10 Å². The minimum Gasteiger partial charge on any atom is -0.444 e. The van der Waals surface area contributed by atoms with Gasteiger partial charge in [0.05, 0.1) is 5.69 Å². The van der Waals surface area contributed by atoms with E-state index in [4.69, 9.17) is 10.00 Å². The summed E-state index contributed by atoms with van der Waals surface area (Å²) in [7, 11) is 0. The number of hydrogen-bond acceptors (Lipinski definition) is 8. The summed E-state index contributed by atoms with van der Waals surface area (Å²) in [4.78, 5) is 44.6. The minimum absolute atomic E-state index is 0.229. The highest BCUT2D eigenvalue weighted by atomic mass is 16.6. The van der Waals surface area contributed by atoms with Crippen LogP contribution in [0.1, 0.15) is 39.3 Å². The van der Waals surface area contributed by atoms with Crippen LogP contribution in [0.3, 0.4) is 0 Å². The molecule has 4 rings (SSSR count). The number of H-pyrrole nitrogens is 1. The Morgan fingerprint density at radius 3 is 2.25 bits per heavy atom. The molecule has 0 aliphatic carbocycles. The van der Waals surface area contributed by atoms with E-state index in [9.17, 15) is 14.4 Å². The third kappa shape index (κ3) is 6.12. The van der Waals surface area contributed by atoms with Crippen LogP contribution in [0.25, 0.3) is 5.69 Å². The molecule has 0 bridgehead atoms. The fourth-order valence-electron chi connectivity index (χ4n) is 4.63. The molecule has 0 unspecified atom stereocenters. The zero-order valence-corrected chi connectivity index (χ0v) is 21.1. The first-order chi connectivity index (χ1) is 17.1. The largest absolute Gasteiger partial charge is 0.444 e. The van der Waals surface area contributed by atoms with Crippen LogP contribution in [0.5, 0.6) is 0 Å². The van der Waals surface area contributed by atoms with Crippen molar-refractivity contribution < 1.29 is 9.53 Å². The van der Waals surface area contributed by atoms with E-state index in [0.717, 1.165) is 55.9 Å². The quantitative estimate of drug-likeness (QED) is 0.677. The van der Waals surface area contributed by atoms with Gasteiger partial charge in [-0.1, -0.05) is 0 Å². The summed E-state index contributed by atoms with van der Waals surface area (Å²) < 4.78 is 6.51. The molecule has 0 saturated carbocycles. The summed E-state index contributed by atoms with van der Waals surface area (Å²) >= 11 is 0. The second-order valence-corrected chi connectivity index (χ2v) is 10.3. The summed E-state index contributed by atoms with van der Waals surface area (Å²) in [6, 6.07) is 9.08. The lowest BCUT2D eigenvalue weighted by Crippen LogP contribution is -2.51. The normalized spacial score (nSPS) is 17.6. The van der Waals surface area contributed by atoms with Gasteiger partial charge in [-0.2, -0.15) is 9.94 Å². The smallest absolute Gasteiger partial charge is 0.410 e. The number of carbonyl (C=O) groups is 1. The van der Waals surface area contributed by atoms with Crippen molar-refractivity contribution in [2.75, 3.05) is 50.7 Å². The van der Waals surface area contributed by atoms with Crippen molar-refractivity contribution >= 4 is 11.8 Å². The number of nitrogens with zero attached hydrogens (tertiary/aromatic N) is 6. The molecular formula is C25H33N7O4. The van der Waals surface area contributed by atoms with E-state index in [0.29, 0.717) is 24.7 Å². The summed E-state index contributed by atoms with van der Waals surface area (Å²) in [5, 5.41) is 12.9. The average Bonchev–Trinajstić information content (AvgIpc) is 2.84. The van der Waals surface area contributed by atoms with E-state index in [1.165, 1.54) is 0 Å². The van der Waals surface area contributed by atoms with Gasteiger partial charge in [0.15, 0.2) is 0 Å². The first-order valence-electron chi connectivity index (χ1n) is 12.3. The third-order valence-electron chi connectivity index (χ3n) is 6.55. The number of rotatable bonds is 4. The molecule has 2 aliphatic rings. The molecule has 192 valence electrons. The third-order valence-corrected chi connectivity index (χ3v) is 6.55. The Labute approximate surface area is 209 Å². The highest BCUT2D eigenvalue weighted by Gasteiger charge is 2.28. The van der Waals surface area contributed by atoms with Crippen LogP contribution >= 0.6 is 0 Å². The SMILES string of the molecule is CC(C)(C)OC(=O)N1CCN(CC2CCN(c3ccc(-n4nc(C#N)c(=O)[nH]c4=O)cc3)CC2)CC1. The zero-order chi connectivity index (χ0) is 25.9. The Morgan fingerprint density at radius 1 is 1.06 bits per heavy atom. The zero-order valence-electron chi connectivity index (χ0n) is 21.1. The molecule has 1 amide bonds. The molecule has 11 nitrogen and oxygen atoms in total. The van der Waals surface area contributed by atoms with Gasteiger partial charge in [0, 0.05) is 51.5 Å². The number of anilines is 1. The molecule has 2 saturated heterocycles. The summed E-state index contributed by atoms with van der Waals surface area (Å²) in [6.45, 7) is 11.7. The number of amides is 1. The fraction of sp³-hybridized carbons (Fsp3) is 0.560. The number of aromatic amines is 1. The molecule has 1 aromatic carbocycles. The van der Waals surface area contributed by atoms with E-state index in [1.807, 2.05) is 32.9 Å². The molecule has 1 aromatic heterocycles. The summed E-state index contributed by atoms with van der Waals surface area (Å²) in [5.74, 6) is 0.613. The molecule has 0 radical (unpaired) electrons. The molecule has 36 heavy (non-hydrogen) atoms. The van der Waals surface area contributed by atoms with Crippen molar-refractivity contribution in [3.63, 3.8) is 0 Å². The highest BCUT2D eigenvalue weighted by Crippen LogP contribution is 2.25. The molecule has 2 aromatic rings. The molecule has 0 atom stereocenters. The predicted molar refractivity (Wildman–Crippen MR) is 134 cm³/mol. The lowest BCUT2D eigenvalue weighted by atomic mass is 9.95.